The molecule has 0 fully saturated rings. The molecule has 0 saturated heterocycles. The Balaban J connectivity index is 3.05. The van der Waals surface area contributed by atoms with E-state index < -0.39 is 10.0 Å². The molecule has 84 valence electrons. The van der Waals surface area contributed by atoms with E-state index in [0.29, 0.717) is 5.02 Å². The minimum atomic E-state index is -3.66. The zero-order valence-electron chi connectivity index (χ0n) is 7.77. The van der Waals surface area contributed by atoms with E-state index in [9.17, 15) is 8.42 Å². The molecule has 0 radical (unpaired) electrons. The first-order chi connectivity index (χ1) is 6.97. The average Bonchev–Trinajstić information content (AvgIpc) is 2.14. The number of nitrogens with one attached hydrogen (secondary N) is 1. The van der Waals surface area contributed by atoms with Crippen molar-refractivity contribution >= 4 is 27.3 Å². The van der Waals surface area contributed by atoms with Gasteiger partial charge in [-0.25, -0.2) is 13.1 Å². The van der Waals surface area contributed by atoms with Crippen LogP contribution >= 0.6 is 11.6 Å². The second kappa shape index (κ2) is 4.80. The molecule has 1 rings (SSSR count). The molecule has 5 nitrogen and oxygen atoms in total. The highest BCUT2D eigenvalue weighted by Crippen LogP contribution is 2.21. The van der Waals surface area contributed by atoms with Crippen molar-refractivity contribution in [1.29, 1.82) is 0 Å². The second-order valence-electron chi connectivity index (χ2n) is 2.80. The second-order valence-corrected chi connectivity index (χ2v) is 4.98. The predicted octanol–water partition coefficient (Wildman–Crippen LogP) is 0.193. The third-order valence-electron chi connectivity index (χ3n) is 1.67. The van der Waals surface area contributed by atoms with Gasteiger partial charge >= 0.3 is 0 Å². The van der Waals surface area contributed by atoms with Crippen molar-refractivity contribution in [3.8, 4) is 0 Å². The number of hydrogen-bond donors (Lipinski definition) is 3. The maximum absolute atomic E-state index is 11.6. The number of anilines is 1. The normalized spacial score (nSPS) is 11.6. The maximum atomic E-state index is 11.6. The first kappa shape index (κ1) is 12.3. The van der Waals surface area contributed by atoms with Gasteiger partial charge in [0.1, 0.15) is 4.90 Å². The predicted molar refractivity (Wildman–Crippen MR) is 58.1 cm³/mol. The van der Waals surface area contributed by atoms with Gasteiger partial charge in [-0.1, -0.05) is 11.6 Å². The van der Waals surface area contributed by atoms with Crippen LogP contribution < -0.4 is 10.5 Å². The van der Waals surface area contributed by atoms with Crippen LogP contribution in [0.15, 0.2) is 23.1 Å². The Labute approximate surface area is 92.9 Å². The lowest BCUT2D eigenvalue weighted by atomic mass is 10.3. The quantitative estimate of drug-likeness (QED) is 0.666. The van der Waals surface area contributed by atoms with Crippen molar-refractivity contribution in [2.24, 2.45) is 0 Å². The summed E-state index contributed by atoms with van der Waals surface area (Å²) in [6.45, 7) is -0.322. The molecule has 0 atom stereocenters. The lowest BCUT2D eigenvalue weighted by Gasteiger charge is -2.07. The molecule has 4 N–H and O–H groups in total. The molecule has 7 heteroatoms. The van der Waals surface area contributed by atoms with Crippen LogP contribution in [0.3, 0.4) is 0 Å². The molecule has 1 aromatic rings. The molecular formula is C8H11ClN2O3S. The fraction of sp³-hybridized carbons (Fsp3) is 0.250. The van der Waals surface area contributed by atoms with Crippen molar-refractivity contribution in [3.05, 3.63) is 23.2 Å². The highest BCUT2D eigenvalue weighted by Gasteiger charge is 2.16. The van der Waals surface area contributed by atoms with E-state index in [1.807, 2.05) is 0 Å². The van der Waals surface area contributed by atoms with Crippen molar-refractivity contribution < 1.29 is 13.5 Å². The number of benzene rings is 1. The van der Waals surface area contributed by atoms with Gasteiger partial charge in [-0.3, -0.25) is 0 Å². The molecule has 0 unspecified atom stereocenters. The number of aliphatic hydroxyl groups is 1. The fourth-order valence-corrected chi connectivity index (χ4v) is 2.33. The van der Waals surface area contributed by atoms with E-state index in [1.165, 1.54) is 18.2 Å². The summed E-state index contributed by atoms with van der Waals surface area (Å²) in [5.41, 5.74) is 5.59. The van der Waals surface area contributed by atoms with Gasteiger partial charge in [0, 0.05) is 11.6 Å². The average molecular weight is 251 g/mol. The highest BCUT2D eigenvalue weighted by atomic mass is 35.5. The Morgan fingerprint density at radius 2 is 2.13 bits per heavy atom. The molecule has 1 aromatic carbocycles. The van der Waals surface area contributed by atoms with Crippen molar-refractivity contribution in [2.75, 3.05) is 18.9 Å². The molecule has 0 saturated carbocycles. The number of nitrogens with two attached hydrogens (primary N) is 1. The van der Waals surface area contributed by atoms with E-state index in [1.54, 1.807) is 0 Å². The Hall–Kier alpha value is -0.820. The largest absolute Gasteiger partial charge is 0.398 e. The number of aliphatic hydroxyl groups excluding tert-OH is 1. The minimum Gasteiger partial charge on any atom is -0.398 e. The van der Waals surface area contributed by atoms with E-state index in [0.717, 1.165) is 0 Å². The third kappa shape index (κ3) is 3.07. The number of nitrogen functional groups attached to an aromatic ring is 1. The Morgan fingerprint density at radius 3 is 2.67 bits per heavy atom. The molecule has 0 aliphatic heterocycles. The van der Waals surface area contributed by atoms with Gasteiger partial charge in [-0.05, 0) is 18.2 Å². The van der Waals surface area contributed by atoms with Crippen molar-refractivity contribution in [1.82, 2.24) is 4.72 Å². The zero-order chi connectivity index (χ0) is 11.5. The van der Waals surface area contributed by atoms with E-state index in [4.69, 9.17) is 22.4 Å². The third-order valence-corrected chi connectivity index (χ3v) is 3.44. The van der Waals surface area contributed by atoms with Crippen LogP contribution in [0.1, 0.15) is 0 Å². The van der Waals surface area contributed by atoms with Crippen LogP contribution in [0.2, 0.25) is 5.02 Å². The Bertz CT molecular complexity index is 447. The van der Waals surface area contributed by atoms with Crippen LogP contribution in [0.25, 0.3) is 0 Å². The van der Waals surface area contributed by atoms with Gasteiger partial charge in [0.15, 0.2) is 0 Å². The smallest absolute Gasteiger partial charge is 0.242 e. The summed E-state index contributed by atoms with van der Waals surface area (Å²) >= 11 is 5.64. The summed E-state index contributed by atoms with van der Waals surface area (Å²) < 4.78 is 25.3. The molecule has 0 aliphatic rings. The van der Waals surface area contributed by atoms with Crippen LogP contribution in [0, 0.1) is 0 Å². The Kier molecular flexibility index (Phi) is 3.92. The first-order valence-electron chi connectivity index (χ1n) is 4.13. The SMILES string of the molecule is Nc1cc(Cl)ccc1S(=O)(=O)NCCO. The van der Waals surface area contributed by atoms with Gasteiger partial charge in [-0.15, -0.1) is 0 Å². The standard InChI is InChI=1S/C8H11ClN2O3S/c9-6-1-2-8(7(10)5-6)15(13,14)11-3-4-12/h1-2,5,11-12H,3-4,10H2. The lowest BCUT2D eigenvalue weighted by Crippen LogP contribution is -2.27. The van der Waals surface area contributed by atoms with Gasteiger partial charge < -0.3 is 10.8 Å². The van der Waals surface area contributed by atoms with Gasteiger partial charge in [-0.2, -0.15) is 0 Å². The van der Waals surface area contributed by atoms with Gasteiger partial charge in [0.2, 0.25) is 10.0 Å². The maximum Gasteiger partial charge on any atom is 0.242 e. The van der Waals surface area contributed by atoms with Crippen molar-refractivity contribution in [2.45, 2.75) is 4.90 Å². The number of halogens is 1. The fourth-order valence-electron chi connectivity index (χ4n) is 1.02. The molecular weight excluding hydrogens is 240 g/mol. The summed E-state index contributed by atoms with van der Waals surface area (Å²) in [6.07, 6.45) is 0. The van der Waals surface area contributed by atoms with Crippen LogP contribution in [-0.2, 0) is 10.0 Å². The van der Waals surface area contributed by atoms with E-state index in [-0.39, 0.29) is 23.7 Å². The first-order valence-corrected chi connectivity index (χ1v) is 5.99. The number of hydrogen-bond acceptors (Lipinski definition) is 4. The van der Waals surface area contributed by atoms with Gasteiger partial charge in [0.25, 0.3) is 0 Å². The monoisotopic (exact) mass is 250 g/mol. The van der Waals surface area contributed by atoms with Crippen LogP contribution in [-0.4, -0.2) is 26.7 Å². The zero-order valence-corrected chi connectivity index (χ0v) is 9.35. The molecule has 0 spiro atoms. The topological polar surface area (TPSA) is 92.4 Å². The van der Waals surface area contributed by atoms with E-state index >= 15 is 0 Å². The summed E-state index contributed by atoms with van der Waals surface area (Å²) in [5.74, 6) is 0. The lowest BCUT2D eigenvalue weighted by molar-refractivity contribution is 0.301. The summed E-state index contributed by atoms with van der Waals surface area (Å²) in [4.78, 5) is -0.0413. The van der Waals surface area contributed by atoms with Crippen LogP contribution in [0.5, 0.6) is 0 Å². The number of sulfonamides is 1. The van der Waals surface area contributed by atoms with Crippen LogP contribution in [0.4, 0.5) is 5.69 Å². The molecule has 0 bridgehead atoms. The molecule has 0 heterocycles. The number of rotatable bonds is 4. The highest BCUT2D eigenvalue weighted by molar-refractivity contribution is 7.89. The summed E-state index contributed by atoms with van der Waals surface area (Å²) in [6, 6.07) is 4.11. The van der Waals surface area contributed by atoms with Crippen molar-refractivity contribution in [3.63, 3.8) is 0 Å². The Morgan fingerprint density at radius 1 is 1.47 bits per heavy atom. The minimum absolute atomic E-state index is 0.0413. The van der Waals surface area contributed by atoms with Gasteiger partial charge in [0.05, 0.1) is 12.3 Å². The molecule has 0 amide bonds. The van der Waals surface area contributed by atoms with E-state index in [2.05, 4.69) is 4.72 Å². The summed E-state index contributed by atoms with van der Waals surface area (Å²) in [5, 5.41) is 8.88. The molecule has 0 aromatic heterocycles. The molecule has 0 aliphatic carbocycles. The molecule has 15 heavy (non-hydrogen) atoms. The summed E-state index contributed by atoms with van der Waals surface area (Å²) in [7, 11) is -3.66.